The predicted molar refractivity (Wildman–Crippen MR) is 45.8 cm³/mol. The molecule has 0 spiro atoms. The van der Waals surface area contributed by atoms with Crippen molar-refractivity contribution in [3.05, 3.63) is 16.6 Å². The fraction of sp³-hybridized carbons (Fsp3) is 0.625. The Labute approximate surface area is 78.8 Å². The summed E-state index contributed by atoms with van der Waals surface area (Å²) in [6.45, 7) is 5.24. The maximum Gasteiger partial charge on any atom is 0.419 e. The van der Waals surface area contributed by atoms with Crippen LogP contribution in [0.1, 0.15) is 31.2 Å². The molecule has 0 aromatic carbocycles. The van der Waals surface area contributed by atoms with Gasteiger partial charge in [0.1, 0.15) is 0 Å². The van der Waals surface area contributed by atoms with Crippen LogP contribution >= 0.6 is 11.5 Å². The molecule has 1 nitrogen and oxygen atoms in total. The molecule has 0 radical (unpaired) electrons. The molecule has 0 saturated heterocycles. The molecule has 0 amide bonds. The molecule has 0 N–H and O–H groups in total. The molecule has 1 heterocycles. The van der Waals surface area contributed by atoms with Crippen LogP contribution in [-0.2, 0) is 11.6 Å². The van der Waals surface area contributed by atoms with Crippen LogP contribution in [0.2, 0.25) is 0 Å². The van der Waals surface area contributed by atoms with Gasteiger partial charge in [-0.2, -0.15) is 13.2 Å². The van der Waals surface area contributed by atoms with Gasteiger partial charge in [-0.05, 0) is 16.9 Å². The Hall–Kier alpha value is -0.580. The minimum atomic E-state index is -4.28. The Morgan fingerprint density at radius 1 is 1.23 bits per heavy atom. The number of nitrogens with zero attached hydrogens (tertiary/aromatic N) is 1. The highest BCUT2D eigenvalue weighted by molar-refractivity contribution is 7.06. The number of hydrogen-bond donors (Lipinski definition) is 0. The zero-order valence-electron chi connectivity index (χ0n) is 7.57. The van der Waals surface area contributed by atoms with Crippen molar-refractivity contribution in [3.8, 4) is 0 Å². The Bertz CT molecular complexity index is 267. The smallest absolute Gasteiger partial charge is 0.200 e. The molecule has 13 heavy (non-hydrogen) atoms. The summed E-state index contributed by atoms with van der Waals surface area (Å²) in [6.07, 6.45) is -3.39. The van der Waals surface area contributed by atoms with Gasteiger partial charge in [0.05, 0.1) is 11.8 Å². The number of alkyl halides is 3. The van der Waals surface area contributed by atoms with E-state index in [1.807, 2.05) is 0 Å². The highest BCUT2D eigenvalue weighted by Crippen LogP contribution is 2.39. The summed E-state index contributed by atoms with van der Waals surface area (Å²) in [5.41, 5.74) is -1.10. The van der Waals surface area contributed by atoms with Crippen molar-refractivity contribution < 1.29 is 13.2 Å². The van der Waals surface area contributed by atoms with Gasteiger partial charge in [-0.25, -0.2) is 4.37 Å². The molecule has 1 aromatic rings. The van der Waals surface area contributed by atoms with E-state index in [9.17, 15) is 13.2 Å². The van der Waals surface area contributed by atoms with Gasteiger partial charge in [0.2, 0.25) is 0 Å². The zero-order valence-corrected chi connectivity index (χ0v) is 8.38. The molecule has 0 aliphatic rings. The standard InChI is InChI=1S/C8H10F3NS/c1-7(2,3)6-5(4-12-13-6)8(9,10)11/h4H,1-3H3. The number of aromatic nitrogens is 1. The summed E-state index contributed by atoms with van der Waals surface area (Å²) in [7, 11) is 0. The molecule has 0 bridgehead atoms. The van der Waals surface area contributed by atoms with E-state index in [4.69, 9.17) is 0 Å². The van der Waals surface area contributed by atoms with Gasteiger partial charge in [0.25, 0.3) is 0 Å². The van der Waals surface area contributed by atoms with Gasteiger partial charge < -0.3 is 0 Å². The third-order valence-electron chi connectivity index (χ3n) is 1.56. The first kappa shape index (κ1) is 10.5. The van der Waals surface area contributed by atoms with E-state index in [1.165, 1.54) is 0 Å². The lowest BCUT2D eigenvalue weighted by Gasteiger charge is -2.18. The first-order chi connectivity index (χ1) is 5.73. The average Bonchev–Trinajstić information content (AvgIpc) is 2.27. The monoisotopic (exact) mass is 209 g/mol. The van der Waals surface area contributed by atoms with E-state index in [1.54, 1.807) is 20.8 Å². The molecule has 0 unspecified atom stereocenters. The van der Waals surface area contributed by atoms with E-state index >= 15 is 0 Å². The van der Waals surface area contributed by atoms with E-state index in [0.29, 0.717) is 4.88 Å². The van der Waals surface area contributed by atoms with Crippen molar-refractivity contribution in [2.75, 3.05) is 0 Å². The van der Waals surface area contributed by atoms with Crippen LogP contribution in [0.5, 0.6) is 0 Å². The second-order valence-corrected chi connectivity index (χ2v) is 4.62. The van der Waals surface area contributed by atoms with E-state index in [-0.39, 0.29) is 0 Å². The lowest BCUT2D eigenvalue weighted by molar-refractivity contribution is -0.138. The quantitative estimate of drug-likeness (QED) is 0.637. The third kappa shape index (κ3) is 2.21. The Morgan fingerprint density at radius 2 is 1.77 bits per heavy atom. The first-order valence-electron chi connectivity index (χ1n) is 3.75. The molecular weight excluding hydrogens is 199 g/mol. The number of rotatable bonds is 0. The van der Waals surface area contributed by atoms with Gasteiger partial charge in [0, 0.05) is 4.88 Å². The normalized spacial score (nSPS) is 13.4. The van der Waals surface area contributed by atoms with Gasteiger partial charge in [0.15, 0.2) is 0 Å². The van der Waals surface area contributed by atoms with Crippen LogP contribution in [-0.4, -0.2) is 4.37 Å². The van der Waals surface area contributed by atoms with Crippen LogP contribution in [0.15, 0.2) is 6.20 Å². The highest BCUT2D eigenvalue weighted by Gasteiger charge is 2.38. The fourth-order valence-corrected chi connectivity index (χ4v) is 1.79. The lowest BCUT2D eigenvalue weighted by Crippen LogP contribution is -2.16. The number of hydrogen-bond acceptors (Lipinski definition) is 2. The van der Waals surface area contributed by atoms with Gasteiger partial charge >= 0.3 is 6.18 Å². The van der Waals surface area contributed by atoms with Crippen molar-refractivity contribution in [3.63, 3.8) is 0 Å². The second-order valence-electron chi connectivity index (χ2n) is 3.82. The Kier molecular flexibility index (Phi) is 2.40. The fourth-order valence-electron chi connectivity index (χ4n) is 0.982. The summed E-state index contributed by atoms with van der Waals surface area (Å²) in [5, 5.41) is 0. The van der Waals surface area contributed by atoms with Crippen molar-refractivity contribution in [1.82, 2.24) is 4.37 Å². The maximum absolute atomic E-state index is 12.4. The summed E-state index contributed by atoms with van der Waals surface area (Å²) < 4.78 is 40.7. The lowest BCUT2D eigenvalue weighted by atomic mass is 9.92. The van der Waals surface area contributed by atoms with E-state index in [2.05, 4.69) is 4.37 Å². The van der Waals surface area contributed by atoms with Crippen molar-refractivity contribution in [1.29, 1.82) is 0 Å². The minimum absolute atomic E-state index is 0.292. The largest absolute Gasteiger partial charge is 0.419 e. The molecule has 0 saturated carbocycles. The molecule has 0 fully saturated rings. The number of halogens is 3. The maximum atomic E-state index is 12.4. The Morgan fingerprint density at radius 3 is 2.08 bits per heavy atom. The molecule has 0 atom stereocenters. The molecule has 0 aliphatic carbocycles. The summed E-state index contributed by atoms with van der Waals surface area (Å²) in [5.74, 6) is 0. The molecule has 5 heteroatoms. The molecule has 1 rings (SSSR count). The Balaban J connectivity index is 3.19. The van der Waals surface area contributed by atoms with Crippen LogP contribution in [0.3, 0.4) is 0 Å². The van der Waals surface area contributed by atoms with E-state index < -0.39 is 17.2 Å². The van der Waals surface area contributed by atoms with Gasteiger partial charge in [-0.3, -0.25) is 0 Å². The van der Waals surface area contributed by atoms with Gasteiger partial charge in [-0.1, -0.05) is 20.8 Å². The van der Waals surface area contributed by atoms with Crippen molar-refractivity contribution in [2.24, 2.45) is 0 Å². The average molecular weight is 209 g/mol. The molecular formula is C8H10F3NS. The highest BCUT2D eigenvalue weighted by atomic mass is 32.1. The van der Waals surface area contributed by atoms with Crippen LogP contribution in [0, 0.1) is 0 Å². The summed E-state index contributed by atoms with van der Waals surface area (Å²) >= 11 is 0.913. The molecule has 74 valence electrons. The van der Waals surface area contributed by atoms with Crippen molar-refractivity contribution >= 4 is 11.5 Å². The third-order valence-corrected chi connectivity index (χ3v) is 2.78. The minimum Gasteiger partial charge on any atom is -0.200 e. The second kappa shape index (κ2) is 2.97. The zero-order chi connectivity index (χ0) is 10.3. The topological polar surface area (TPSA) is 12.9 Å². The molecule has 0 aliphatic heterocycles. The molecule has 1 aromatic heterocycles. The summed E-state index contributed by atoms with van der Waals surface area (Å²) in [6, 6.07) is 0. The van der Waals surface area contributed by atoms with Crippen molar-refractivity contribution in [2.45, 2.75) is 32.4 Å². The van der Waals surface area contributed by atoms with Crippen LogP contribution in [0.4, 0.5) is 13.2 Å². The predicted octanol–water partition coefficient (Wildman–Crippen LogP) is 3.46. The van der Waals surface area contributed by atoms with Crippen LogP contribution < -0.4 is 0 Å². The SMILES string of the molecule is CC(C)(C)c1sncc1C(F)(F)F. The van der Waals surface area contributed by atoms with Gasteiger partial charge in [-0.15, -0.1) is 0 Å². The van der Waals surface area contributed by atoms with Crippen LogP contribution in [0.25, 0.3) is 0 Å². The van der Waals surface area contributed by atoms with E-state index in [0.717, 1.165) is 17.7 Å². The summed E-state index contributed by atoms with van der Waals surface area (Å²) in [4.78, 5) is 0.292. The first-order valence-corrected chi connectivity index (χ1v) is 4.52.